The predicted molar refractivity (Wildman–Crippen MR) is 57.6 cm³/mol. The molecule has 0 bridgehead atoms. The number of carbonyl (C=O) groups excluding carboxylic acids is 1. The van der Waals surface area contributed by atoms with Crippen molar-refractivity contribution in [1.82, 2.24) is 10.2 Å². The van der Waals surface area contributed by atoms with Crippen LogP contribution in [0.25, 0.3) is 0 Å². The van der Waals surface area contributed by atoms with Crippen molar-refractivity contribution in [3.8, 4) is 0 Å². The maximum Gasteiger partial charge on any atom is 0.323 e. The highest BCUT2D eigenvalue weighted by Crippen LogP contribution is 2.13. The lowest BCUT2D eigenvalue weighted by atomic mass is 10.0. The number of rotatable bonds is 6. The molecule has 0 aromatic rings. The van der Waals surface area contributed by atoms with E-state index >= 15 is 0 Å². The topological polar surface area (TPSA) is 69.6 Å². The van der Waals surface area contributed by atoms with E-state index in [0.717, 1.165) is 0 Å². The molecule has 5 heteroatoms. The predicted octanol–water partition coefficient (Wildman–Crippen LogP) is 0.308. The second kappa shape index (κ2) is 5.70. The Hall–Kier alpha value is -1.10. The molecule has 0 aliphatic heterocycles. The third-order valence-electron chi connectivity index (χ3n) is 2.45. The van der Waals surface area contributed by atoms with Crippen LogP contribution in [0.5, 0.6) is 0 Å². The SMILES string of the molecule is CCN(CCNC(C)=O)C(C)(C)C(=O)O. The molecular formula is C10H20N2O3. The van der Waals surface area contributed by atoms with Crippen molar-refractivity contribution in [3.63, 3.8) is 0 Å². The summed E-state index contributed by atoms with van der Waals surface area (Å²) in [5.74, 6) is -0.952. The van der Waals surface area contributed by atoms with Crippen molar-refractivity contribution in [3.05, 3.63) is 0 Å². The number of carboxylic acid groups (broad SMARTS) is 1. The van der Waals surface area contributed by atoms with Crippen LogP contribution in [-0.2, 0) is 9.59 Å². The molecule has 0 radical (unpaired) electrons. The van der Waals surface area contributed by atoms with Crippen molar-refractivity contribution >= 4 is 11.9 Å². The van der Waals surface area contributed by atoms with Gasteiger partial charge in [-0.3, -0.25) is 14.5 Å². The molecule has 0 spiro atoms. The number of hydrogen-bond acceptors (Lipinski definition) is 3. The molecule has 1 amide bonds. The number of carbonyl (C=O) groups is 2. The summed E-state index contributed by atoms with van der Waals surface area (Å²) in [4.78, 5) is 23.5. The molecule has 0 rings (SSSR count). The molecule has 15 heavy (non-hydrogen) atoms. The minimum Gasteiger partial charge on any atom is -0.480 e. The Bertz CT molecular complexity index is 239. The lowest BCUT2D eigenvalue weighted by Gasteiger charge is -2.34. The maximum atomic E-state index is 11.0. The fraction of sp³-hybridized carbons (Fsp3) is 0.800. The van der Waals surface area contributed by atoms with Crippen molar-refractivity contribution < 1.29 is 14.7 Å². The highest BCUT2D eigenvalue weighted by molar-refractivity contribution is 5.77. The fourth-order valence-electron chi connectivity index (χ4n) is 1.34. The van der Waals surface area contributed by atoms with Crippen molar-refractivity contribution in [2.75, 3.05) is 19.6 Å². The first-order chi connectivity index (χ1) is 6.82. The molecule has 0 atom stereocenters. The third kappa shape index (κ3) is 4.29. The van der Waals surface area contributed by atoms with Crippen LogP contribution in [0.3, 0.4) is 0 Å². The number of nitrogens with one attached hydrogen (secondary N) is 1. The van der Waals surface area contributed by atoms with Crippen LogP contribution in [0.4, 0.5) is 0 Å². The second-order valence-electron chi connectivity index (χ2n) is 3.93. The molecular weight excluding hydrogens is 196 g/mol. The van der Waals surface area contributed by atoms with Crippen LogP contribution in [0.2, 0.25) is 0 Å². The number of hydrogen-bond donors (Lipinski definition) is 2. The zero-order valence-electron chi connectivity index (χ0n) is 9.83. The van der Waals surface area contributed by atoms with Gasteiger partial charge in [-0.1, -0.05) is 6.92 Å². The highest BCUT2D eigenvalue weighted by Gasteiger charge is 2.32. The molecule has 2 N–H and O–H groups in total. The van der Waals surface area contributed by atoms with Gasteiger partial charge < -0.3 is 10.4 Å². The van der Waals surface area contributed by atoms with E-state index in [1.165, 1.54) is 6.92 Å². The Morgan fingerprint density at radius 3 is 2.27 bits per heavy atom. The van der Waals surface area contributed by atoms with Gasteiger partial charge in [0.2, 0.25) is 5.91 Å². The van der Waals surface area contributed by atoms with E-state index in [-0.39, 0.29) is 5.91 Å². The van der Waals surface area contributed by atoms with Gasteiger partial charge in [-0.15, -0.1) is 0 Å². The summed E-state index contributed by atoms with van der Waals surface area (Å²) in [5.41, 5.74) is -0.896. The van der Waals surface area contributed by atoms with Crippen LogP contribution in [0.1, 0.15) is 27.7 Å². The van der Waals surface area contributed by atoms with Crippen LogP contribution in [-0.4, -0.2) is 47.1 Å². The Morgan fingerprint density at radius 1 is 1.40 bits per heavy atom. The minimum absolute atomic E-state index is 0.0980. The summed E-state index contributed by atoms with van der Waals surface area (Å²) in [5, 5.41) is 11.7. The van der Waals surface area contributed by atoms with Gasteiger partial charge in [0.15, 0.2) is 0 Å². The smallest absolute Gasteiger partial charge is 0.323 e. The number of likely N-dealkylation sites (N-methyl/N-ethyl adjacent to an activating group) is 1. The molecule has 5 nitrogen and oxygen atoms in total. The lowest BCUT2D eigenvalue weighted by molar-refractivity contribution is -0.149. The van der Waals surface area contributed by atoms with Crippen LogP contribution >= 0.6 is 0 Å². The Kier molecular flexibility index (Phi) is 5.28. The number of aliphatic carboxylic acids is 1. The summed E-state index contributed by atoms with van der Waals surface area (Å²) in [6, 6.07) is 0. The van der Waals surface area contributed by atoms with Crippen molar-refractivity contribution in [2.24, 2.45) is 0 Å². The number of nitrogens with zero attached hydrogens (tertiary/aromatic N) is 1. The molecule has 0 saturated heterocycles. The normalized spacial score (nSPS) is 11.5. The van der Waals surface area contributed by atoms with E-state index in [4.69, 9.17) is 5.11 Å². The molecule has 0 fully saturated rings. The van der Waals surface area contributed by atoms with E-state index in [2.05, 4.69) is 5.32 Å². The molecule has 0 saturated carbocycles. The van der Waals surface area contributed by atoms with Gasteiger partial charge in [-0.05, 0) is 20.4 Å². The Balaban J connectivity index is 4.24. The summed E-state index contributed by atoms with van der Waals surface area (Å²) < 4.78 is 0. The highest BCUT2D eigenvalue weighted by atomic mass is 16.4. The van der Waals surface area contributed by atoms with Gasteiger partial charge in [-0.25, -0.2) is 0 Å². The first-order valence-electron chi connectivity index (χ1n) is 5.05. The van der Waals surface area contributed by atoms with Crippen molar-refractivity contribution in [2.45, 2.75) is 33.2 Å². The van der Waals surface area contributed by atoms with Gasteiger partial charge in [-0.2, -0.15) is 0 Å². The molecule has 0 aromatic heterocycles. The third-order valence-corrected chi connectivity index (χ3v) is 2.45. The first kappa shape index (κ1) is 13.9. The zero-order valence-corrected chi connectivity index (χ0v) is 9.83. The first-order valence-corrected chi connectivity index (χ1v) is 5.05. The Morgan fingerprint density at radius 2 is 1.93 bits per heavy atom. The van der Waals surface area contributed by atoms with Crippen LogP contribution in [0, 0.1) is 0 Å². The molecule has 0 aromatic carbocycles. The van der Waals surface area contributed by atoms with Crippen LogP contribution < -0.4 is 5.32 Å². The van der Waals surface area contributed by atoms with E-state index in [1.54, 1.807) is 13.8 Å². The largest absolute Gasteiger partial charge is 0.480 e. The Labute approximate surface area is 90.5 Å². The maximum absolute atomic E-state index is 11.0. The lowest BCUT2D eigenvalue weighted by Crippen LogP contribution is -2.52. The van der Waals surface area contributed by atoms with Gasteiger partial charge in [0.05, 0.1) is 0 Å². The zero-order chi connectivity index (χ0) is 12.1. The van der Waals surface area contributed by atoms with Gasteiger partial charge in [0.25, 0.3) is 0 Å². The summed E-state index contributed by atoms with van der Waals surface area (Å²) in [6.45, 7) is 8.31. The average Bonchev–Trinajstić information content (AvgIpc) is 2.11. The second-order valence-corrected chi connectivity index (χ2v) is 3.93. The molecule has 0 aliphatic rings. The van der Waals surface area contributed by atoms with Crippen molar-refractivity contribution in [1.29, 1.82) is 0 Å². The number of carboxylic acids is 1. The van der Waals surface area contributed by atoms with Gasteiger partial charge in [0, 0.05) is 20.0 Å². The van der Waals surface area contributed by atoms with E-state index in [1.807, 2.05) is 11.8 Å². The molecule has 0 heterocycles. The quantitative estimate of drug-likeness (QED) is 0.670. The summed E-state index contributed by atoms with van der Waals surface area (Å²) >= 11 is 0. The summed E-state index contributed by atoms with van der Waals surface area (Å²) in [6.07, 6.45) is 0. The molecule has 0 unspecified atom stereocenters. The molecule has 0 aliphatic carbocycles. The van der Waals surface area contributed by atoms with E-state index in [9.17, 15) is 9.59 Å². The van der Waals surface area contributed by atoms with Crippen LogP contribution in [0.15, 0.2) is 0 Å². The van der Waals surface area contributed by atoms with E-state index < -0.39 is 11.5 Å². The number of amides is 1. The van der Waals surface area contributed by atoms with Gasteiger partial charge in [0.1, 0.15) is 5.54 Å². The monoisotopic (exact) mass is 216 g/mol. The fourth-order valence-corrected chi connectivity index (χ4v) is 1.34. The standard InChI is InChI=1S/C10H20N2O3/c1-5-12(7-6-11-8(2)13)10(3,4)9(14)15/h5-7H2,1-4H3,(H,11,13)(H,14,15). The van der Waals surface area contributed by atoms with E-state index in [0.29, 0.717) is 19.6 Å². The summed E-state index contributed by atoms with van der Waals surface area (Å²) in [7, 11) is 0. The minimum atomic E-state index is -0.896. The van der Waals surface area contributed by atoms with Gasteiger partial charge >= 0.3 is 5.97 Å². The average molecular weight is 216 g/mol. The molecule has 88 valence electrons.